The predicted molar refractivity (Wildman–Crippen MR) is 124 cm³/mol. The van der Waals surface area contributed by atoms with Crippen LogP contribution in [0.4, 0.5) is 5.69 Å². The summed E-state index contributed by atoms with van der Waals surface area (Å²) in [6.45, 7) is 5.00. The van der Waals surface area contributed by atoms with Crippen molar-refractivity contribution in [1.82, 2.24) is 14.1 Å². The summed E-state index contributed by atoms with van der Waals surface area (Å²) in [5.41, 5.74) is 3.80. The Bertz CT molecular complexity index is 1290. The van der Waals surface area contributed by atoms with Gasteiger partial charge in [-0.25, -0.2) is 22.2 Å². The second-order valence-corrected chi connectivity index (χ2v) is 9.90. The van der Waals surface area contributed by atoms with E-state index in [0.29, 0.717) is 11.1 Å². The number of anilines is 1. The summed E-state index contributed by atoms with van der Waals surface area (Å²) in [4.78, 5) is 24.7. The van der Waals surface area contributed by atoms with E-state index >= 15 is 0 Å². The van der Waals surface area contributed by atoms with E-state index in [1.54, 1.807) is 48.0 Å². The highest BCUT2D eigenvalue weighted by molar-refractivity contribution is 7.89. The summed E-state index contributed by atoms with van der Waals surface area (Å²) in [5.74, 6) is -1.23. The molecule has 3 rings (SSSR count). The molecule has 1 amide bonds. The van der Waals surface area contributed by atoms with Gasteiger partial charge in [-0.3, -0.25) is 4.79 Å². The lowest BCUT2D eigenvalue weighted by Gasteiger charge is -2.15. The first-order valence-corrected chi connectivity index (χ1v) is 11.6. The number of amides is 1. The van der Waals surface area contributed by atoms with Gasteiger partial charge in [0.2, 0.25) is 10.0 Å². The van der Waals surface area contributed by atoms with E-state index in [0.717, 1.165) is 21.4 Å². The molecule has 9 nitrogen and oxygen atoms in total. The van der Waals surface area contributed by atoms with E-state index in [-0.39, 0.29) is 10.6 Å². The molecular weight excluding hydrogens is 444 g/mol. The molecule has 0 saturated heterocycles. The number of aromatic nitrogens is 2. The summed E-state index contributed by atoms with van der Waals surface area (Å²) >= 11 is 0. The number of hydrogen-bond acceptors (Lipinski definition) is 6. The quantitative estimate of drug-likeness (QED) is 0.532. The zero-order chi connectivity index (χ0) is 24.3. The minimum Gasteiger partial charge on any atom is -0.452 e. The third-order valence-electron chi connectivity index (χ3n) is 4.92. The number of nitrogens with zero attached hydrogens (tertiary/aromatic N) is 3. The fraction of sp³-hybridized carbons (Fsp3) is 0.261. The second kappa shape index (κ2) is 9.55. The molecule has 0 aliphatic heterocycles. The number of rotatable bonds is 7. The van der Waals surface area contributed by atoms with Crippen LogP contribution in [0, 0.1) is 20.8 Å². The van der Waals surface area contributed by atoms with E-state index in [2.05, 4.69) is 10.4 Å². The van der Waals surface area contributed by atoms with Gasteiger partial charge in [-0.1, -0.05) is 6.07 Å². The molecule has 0 fully saturated rings. The fourth-order valence-electron chi connectivity index (χ4n) is 3.19. The fourth-order valence-corrected chi connectivity index (χ4v) is 4.34. The number of carbonyl (C=O) groups excluding carboxylic acids is 2. The molecular formula is C23H26N4O5S. The maximum Gasteiger partial charge on any atom is 0.338 e. The molecule has 2 aromatic carbocycles. The first kappa shape index (κ1) is 24.1. The Labute approximate surface area is 193 Å². The standard InChI is InChI=1S/C23H26N4O5S/c1-15-6-9-19(13-21(15)33(30,31)26(4)5)24-22(28)14-32-23(29)18-7-10-20(11-8-18)27-17(3)12-16(2)25-27/h6-13H,14H2,1-5H3,(H,24,28). The molecule has 1 heterocycles. The lowest BCUT2D eigenvalue weighted by Crippen LogP contribution is -2.24. The normalized spacial score (nSPS) is 11.5. The number of nitrogens with one attached hydrogen (secondary N) is 1. The molecule has 0 aliphatic rings. The lowest BCUT2D eigenvalue weighted by molar-refractivity contribution is -0.119. The molecule has 33 heavy (non-hydrogen) atoms. The Kier molecular flexibility index (Phi) is 6.99. The maximum absolute atomic E-state index is 12.4. The highest BCUT2D eigenvalue weighted by atomic mass is 32.2. The molecule has 0 spiro atoms. The molecule has 3 aromatic rings. The number of esters is 1. The zero-order valence-corrected chi connectivity index (χ0v) is 19.9. The van der Waals surface area contributed by atoms with E-state index in [1.807, 2.05) is 19.9 Å². The van der Waals surface area contributed by atoms with Crippen LogP contribution in [0.15, 0.2) is 53.4 Å². The summed E-state index contributed by atoms with van der Waals surface area (Å²) in [6.07, 6.45) is 0. The first-order chi connectivity index (χ1) is 15.5. The SMILES string of the molecule is Cc1cc(C)n(-c2ccc(C(=O)OCC(=O)Nc3ccc(C)c(S(=O)(=O)N(C)C)c3)cc2)n1. The third-order valence-corrected chi connectivity index (χ3v) is 6.88. The number of sulfonamides is 1. The van der Waals surface area contributed by atoms with Gasteiger partial charge in [0, 0.05) is 25.5 Å². The predicted octanol–water partition coefficient (Wildman–Crippen LogP) is 2.84. The Hall–Kier alpha value is -3.50. The molecule has 0 unspecified atom stereocenters. The molecule has 0 aliphatic carbocycles. The van der Waals surface area contributed by atoms with Gasteiger partial charge in [-0.05, 0) is 68.8 Å². The van der Waals surface area contributed by atoms with E-state index < -0.39 is 28.5 Å². The van der Waals surface area contributed by atoms with Crippen molar-refractivity contribution in [2.24, 2.45) is 0 Å². The topological polar surface area (TPSA) is 111 Å². The molecule has 1 N–H and O–H groups in total. The maximum atomic E-state index is 12.4. The average molecular weight is 471 g/mol. The summed E-state index contributed by atoms with van der Waals surface area (Å²) in [7, 11) is -0.795. The van der Waals surface area contributed by atoms with E-state index in [4.69, 9.17) is 4.74 Å². The molecule has 174 valence electrons. The van der Waals surface area contributed by atoms with Crippen LogP contribution in [-0.2, 0) is 19.6 Å². The Morgan fingerprint density at radius 1 is 1.03 bits per heavy atom. The molecule has 0 bridgehead atoms. The summed E-state index contributed by atoms with van der Waals surface area (Å²) in [5, 5.41) is 6.95. The van der Waals surface area contributed by atoms with E-state index in [1.165, 1.54) is 20.2 Å². The van der Waals surface area contributed by atoms with Crippen molar-refractivity contribution in [1.29, 1.82) is 0 Å². The second-order valence-electron chi connectivity index (χ2n) is 7.78. The third kappa shape index (κ3) is 5.47. The zero-order valence-electron chi connectivity index (χ0n) is 19.1. The molecule has 0 radical (unpaired) electrons. The van der Waals surface area contributed by atoms with Crippen LogP contribution < -0.4 is 5.32 Å². The van der Waals surface area contributed by atoms with Crippen LogP contribution in [0.3, 0.4) is 0 Å². The molecule has 0 saturated carbocycles. The van der Waals surface area contributed by atoms with Gasteiger partial charge >= 0.3 is 5.97 Å². The van der Waals surface area contributed by atoms with E-state index in [9.17, 15) is 18.0 Å². The van der Waals surface area contributed by atoms with Crippen LogP contribution in [0.25, 0.3) is 5.69 Å². The number of aryl methyl sites for hydroxylation is 3. The van der Waals surface area contributed by atoms with Crippen molar-refractivity contribution >= 4 is 27.6 Å². The lowest BCUT2D eigenvalue weighted by atomic mass is 10.2. The van der Waals surface area contributed by atoms with Crippen molar-refractivity contribution in [2.45, 2.75) is 25.7 Å². The van der Waals surface area contributed by atoms with Gasteiger partial charge in [-0.2, -0.15) is 5.10 Å². The van der Waals surface area contributed by atoms with Crippen LogP contribution in [0.2, 0.25) is 0 Å². The van der Waals surface area contributed by atoms with Crippen LogP contribution >= 0.6 is 0 Å². The molecule has 0 atom stereocenters. The number of ether oxygens (including phenoxy) is 1. The average Bonchev–Trinajstić information content (AvgIpc) is 3.11. The van der Waals surface area contributed by atoms with Gasteiger partial charge in [-0.15, -0.1) is 0 Å². The van der Waals surface area contributed by atoms with Crippen molar-refractivity contribution in [3.05, 3.63) is 71.0 Å². The number of hydrogen-bond donors (Lipinski definition) is 1. The highest BCUT2D eigenvalue weighted by Crippen LogP contribution is 2.22. The van der Waals surface area contributed by atoms with Crippen molar-refractivity contribution < 1.29 is 22.7 Å². The van der Waals surface area contributed by atoms with Gasteiger partial charge < -0.3 is 10.1 Å². The van der Waals surface area contributed by atoms with Crippen LogP contribution in [0.5, 0.6) is 0 Å². The Balaban J connectivity index is 1.62. The summed E-state index contributed by atoms with van der Waals surface area (Å²) < 4.78 is 32.8. The van der Waals surface area contributed by atoms with Crippen molar-refractivity contribution in [3.63, 3.8) is 0 Å². The van der Waals surface area contributed by atoms with Crippen LogP contribution in [0.1, 0.15) is 27.3 Å². The van der Waals surface area contributed by atoms with Gasteiger partial charge in [0.05, 0.1) is 21.8 Å². The number of benzene rings is 2. The number of carbonyl (C=O) groups is 2. The monoisotopic (exact) mass is 470 g/mol. The first-order valence-electron chi connectivity index (χ1n) is 10.1. The van der Waals surface area contributed by atoms with Crippen molar-refractivity contribution in [2.75, 3.05) is 26.0 Å². The van der Waals surface area contributed by atoms with Crippen LogP contribution in [-0.4, -0.2) is 55.1 Å². The van der Waals surface area contributed by atoms with Gasteiger partial charge in [0.25, 0.3) is 5.91 Å². The summed E-state index contributed by atoms with van der Waals surface area (Å²) in [6, 6.07) is 13.2. The smallest absolute Gasteiger partial charge is 0.338 e. The Morgan fingerprint density at radius 2 is 1.70 bits per heavy atom. The largest absolute Gasteiger partial charge is 0.452 e. The minimum absolute atomic E-state index is 0.0880. The van der Waals surface area contributed by atoms with Gasteiger partial charge in [0.15, 0.2) is 6.61 Å². The highest BCUT2D eigenvalue weighted by Gasteiger charge is 2.20. The Morgan fingerprint density at radius 3 is 2.27 bits per heavy atom. The molecule has 10 heteroatoms. The molecule has 1 aromatic heterocycles. The minimum atomic E-state index is -3.66. The van der Waals surface area contributed by atoms with Gasteiger partial charge in [0.1, 0.15) is 0 Å². The van der Waals surface area contributed by atoms with Crippen molar-refractivity contribution in [3.8, 4) is 5.69 Å².